The highest BCUT2D eigenvalue weighted by Crippen LogP contribution is 2.46. The van der Waals surface area contributed by atoms with Gasteiger partial charge < -0.3 is 10.4 Å². The van der Waals surface area contributed by atoms with Gasteiger partial charge in [-0.2, -0.15) is 5.10 Å². The zero-order chi connectivity index (χ0) is 19.0. The second-order valence-electron chi connectivity index (χ2n) is 8.06. The number of carbonyl (C=O) groups excluding carboxylic acids is 1. The Morgan fingerprint density at radius 2 is 2.07 bits per heavy atom. The van der Waals surface area contributed by atoms with Crippen molar-refractivity contribution in [3.8, 4) is 0 Å². The lowest BCUT2D eigenvalue weighted by Gasteiger charge is -2.43. The summed E-state index contributed by atoms with van der Waals surface area (Å²) in [5, 5.41) is 18.9. The van der Waals surface area contributed by atoms with E-state index in [9.17, 15) is 9.90 Å². The summed E-state index contributed by atoms with van der Waals surface area (Å²) in [5.74, 6) is 0.301. The number of benzene rings is 1. The quantitative estimate of drug-likeness (QED) is 0.821. The Morgan fingerprint density at radius 1 is 1.33 bits per heavy atom. The molecule has 2 N–H and O–H groups in total. The summed E-state index contributed by atoms with van der Waals surface area (Å²) in [6.45, 7) is 0. The molecule has 2 aliphatic rings. The van der Waals surface area contributed by atoms with Gasteiger partial charge in [-0.3, -0.25) is 9.48 Å². The van der Waals surface area contributed by atoms with Crippen LogP contribution in [-0.4, -0.2) is 20.8 Å². The Labute approximate surface area is 164 Å². The Morgan fingerprint density at radius 3 is 2.70 bits per heavy atom. The van der Waals surface area contributed by atoms with Crippen molar-refractivity contribution >= 4 is 17.5 Å². The molecule has 1 amide bonds. The van der Waals surface area contributed by atoms with Crippen LogP contribution in [0.1, 0.15) is 55.8 Å². The van der Waals surface area contributed by atoms with Gasteiger partial charge in [0.1, 0.15) is 5.60 Å². The van der Waals surface area contributed by atoms with E-state index in [-0.39, 0.29) is 17.9 Å². The molecule has 1 atom stereocenters. The summed E-state index contributed by atoms with van der Waals surface area (Å²) < 4.78 is 1.68. The molecule has 5 nitrogen and oxygen atoms in total. The monoisotopic (exact) mass is 387 g/mol. The fraction of sp³-hybridized carbons (Fsp3) is 0.524. The standard InChI is InChI=1S/C21H26ClN3O2/c1-25-18(9-10-23-25)21(27)12-16(13-21)20(26)24-19(14-5-2-3-6-14)15-7-4-8-17(22)11-15/h4,7-11,14,16,19,27H,2-3,5-6,12-13H2,1H3,(H,24,26). The molecule has 1 unspecified atom stereocenters. The fourth-order valence-electron chi connectivity index (χ4n) is 4.72. The Kier molecular flexibility index (Phi) is 4.99. The van der Waals surface area contributed by atoms with Gasteiger partial charge in [-0.05, 0) is 55.4 Å². The molecule has 1 heterocycles. The van der Waals surface area contributed by atoms with Crippen LogP contribution in [-0.2, 0) is 17.4 Å². The average molecular weight is 388 g/mol. The number of nitrogens with zero attached hydrogens (tertiary/aromatic N) is 2. The Hall–Kier alpha value is -1.85. The number of halogens is 1. The van der Waals surface area contributed by atoms with Crippen molar-refractivity contribution in [1.82, 2.24) is 15.1 Å². The highest BCUT2D eigenvalue weighted by atomic mass is 35.5. The molecule has 4 rings (SSSR count). The van der Waals surface area contributed by atoms with Gasteiger partial charge in [0.25, 0.3) is 0 Å². The van der Waals surface area contributed by atoms with Crippen molar-refractivity contribution in [1.29, 1.82) is 0 Å². The first kappa shape index (κ1) is 18.5. The molecule has 2 fully saturated rings. The molecule has 2 saturated carbocycles. The minimum Gasteiger partial charge on any atom is -0.384 e. The van der Waals surface area contributed by atoms with Gasteiger partial charge in [-0.1, -0.05) is 36.6 Å². The number of hydrogen-bond acceptors (Lipinski definition) is 3. The van der Waals surface area contributed by atoms with E-state index in [0.29, 0.717) is 23.8 Å². The predicted octanol–water partition coefficient (Wildman–Crippen LogP) is 3.72. The first-order valence-electron chi connectivity index (χ1n) is 9.73. The maximum Gasteiger partial charge on any atom is 0.223 e. The third-order valence-corrected chi connectivity index (χ3v) is 6.45. The zero-order valence-electron chi connectivity index (χ0n) is 15.6. The number of carbonyl (C=O) groups is 1. The van der Waals surface area contributed by atoms with Gasteiger partial charge in [0.2, 0.25) is 5.91 Å². The van der Waals surface area contributed by atoms with E-state index in [2.05, 4.69) is 10.4 Å². The van der Waals surface area contributed by atoms with Crippen molar-refractivity contribution in [2.24, 2.45) is 18.9 Å². The molecule has 0 spiro atoms. The number of nitrogens with one attached hydrogen (secondary N) is 1. The maximum absolute atomic E-state index is 12.9. The van der Waals surface area contributed by atoms with Crippen LogP contribution < -0.4 is 5.32 Å². The van der Waals surface area contributed by atoms with Gasteiger partial charge in [0.05, 0.1) is 11.7 Å². The number of aromatic nitrogens is 2. The first-order valence-corrected chi connectivity index (χ1v) is 10.1. The molecule has 0 aliphatic heterocycles. The van der Waals surface area contributed by atoms with Crippen LogP contribution in [0.4, 0.5) is 0 Å². The molecule has 27 heavy (non-hydrogen) atoms. The minimum absolute atomic E-state index is 0.0101. The van der Waals surface area contributed by atoms with Gasteiger partial charge in [-0.25, -0.2) is 0 Å². The third kappa shape index (κ3) is 3.63. The molecule has 0 saturated heterocycles. The van der Waals surface area contributed by atoms with Crippen LogP contribution in [0.3, 0.4) is 0 Å². The zero-order valence-corrected chi connectivity index (χ0v) is 16.3. The number of hydrogen-bond donors (Lipinski definition) is 2. The molecule has 0 bridgehead atoms. The van der Waals surface area contributed by atoms with E-state index in [0.717, 1.165) is 24.1 Å². The van der Waals surface area contributed by atoms with Crippen LogP contribution in [0.5, 0.6) is 0 Å². The van der Waals surface area contributed by atoms with E-state index < -0.39 is 5.60 Å². The first-order chi connectivity index (χ1) is 13.0. The van der Waals surface area contributed by atoms with Crippen molar-refractivity contribution in [2.45, 2.75) is 50.2 Å². The second-order valence-corrected chi connectivity index (χ2v) is 8.50. The highest BCUT2D eigenvalue weighted by Gasteiger charge is 2.49. The molecular weight excluding hydrogens is 362 g/mol. The summed E-state index contributed by atoms with van der Waals surface area (Å²) in [4.78, 5) is 12.9. The van der Waals surface area contributed by atoms with Gasteiger partial charge >= 0.3 is 0 Å². The van der Waals surface area contributed by atoms with Crippen molar-refractivity contribution in [2.75, 3.05) is 0 Å². The molecule has 1 aromatic carbocycles. The van der Waals surface area contributed by atoms with Gasteiger partial charge in [0, 0.05) is 24.2 Å². The van der Waals surface area contributed by atoms with Gasteiger partial charge in [0.15, 0.2) is 0 Å². The van der Waals surface area contributed by atoms with E-state index >= 15 is 0 Å². The molecule has 6 heteroatoms. The lowest BCUT2D eigenvalue weighted by Crippen LogP contribution is -2.50. The van der Waals surface area contributed by atoms with Crippen molar-refractivity contribution in [3.63, 3.8) is 0 Å². The molecule has 1 aromatic heterocycles. The predicted molar refractivity (Wildman–Crippen MR) is 104 cm³/mol. The topological polar surface area (TPSA) is 67.1 Å². The summed E-state index contributed by atoms with van der Waals surface area (Å²) in [5.41, 5.74) is 0.893. The lowest BCUT2D eigenvalue weighted by molar-refractivity contribution is -0.145. The lowest BCUT2D eigenvalue weighted by atomic mass is 9.68. The van der Waals surface area contributed by atoms with E-state index in [4.69, 9.17) is 11.6 Å². The molecular formula is C21H26ClN3O2. The number of aliphatic hydroxyl groups is 1. The van der Waals surface area contributed by atoms with Crippen LogP contribution in [0.25, 0.3) is 0 Å². The minimum atomic E-state index is -0.952. The molecule has 144 valence electrons. The normalized spacial score (nSPS) is 26.6. The largest absolute Gasteiger partial charge is 0.384 e. The fourth-order valence-corrected chi connectivity index (χ4v) is 4.91. The van der Waals surface area contributed by atoms with Crippen molar-refractivity contribution in [3.05, 3.63) is 52.8 Å². The summed E-state index contributed by atoms with van der Waals surface area (Å²) in [6.07, 6.45) is 7.22. The number of rotatable bonds is 5. The number of amides is 1. The van der Waals surface area contributed by atoms with Crippen LogP contribution in [0.2, 0.25) is 5.02 Å². The SMILES string of the molecule is Cn1nccc1C1(O)CC(C(=O)NC(c2cccc(Cl)c2)C2CCCC2)C1. The smallest absolute Gasteiger partial charge is 0.223 e. The van der Waals surface area contributed by atoms with E-state index in [1.807, 2.05) is 37.4 Å². The number of aryl methyl sites for hydroxylation is 1. The molecule has 2 aromatic rings. The van der Waals surface area contributed by atoms with Crippen LogP contribution in [0, 0.1) is 11.8 Å². The highest BCUT2D eigenvalue weighted by molar-refractivity contribution is 6.30. The summed E-state index contributed by atoms with van der Waals surface area (Å²) >= 11 is 6.19. The summed E-state index contributed by atoms with van der Waals surface area (Å²) in [6, 6.07) is 9.61. The molecule has 0 radical (unpaired) electrons. The van der Waals surface area contributed by atoms with Crippen molar-refractivity contribution < 1.29 is 9.90 Å². The van der Waals surface area contributed by atoms with Gasteiger partial charge in [-0.15, -0.1) is 0 Å². The van der Waals surface area contributed by atoms with Crippen LogP contribution >= 0.6 is 11.6 Å². The Bertz CT molecular complexity index is 822. The molecule has 2 aliphatic carbocycles. The third-order valence-electron chi connectivity index (χ3n) is 6.21. The Balaban J connectivity index is 1.46. The summed E-state index contributed by atoms with van der Waals surface area (Å²) in [7, 11) is 1.82. The van der Waals surface area contributed by atoms with Crippen LogP contribution in [0.15, 0.2) is 36.5 Å². The second kappa shape index (κ2) is 7.28. The van der Waals surface area contributed by atoms with E-state index in [1.54, 1.807) is 10.9 Å². The van der Waals surface area contributed by atoms with E-state index in [1.165, 1.54) is 12.8 Å². The average Bonchev–Trinajstić information content (AvgIpc) is 3.28. The maximum atomic E-state index is 12.9.